The molecule has 0 atom stereocenters. The van der Waals surface area contributed by atoms with E-state index in [0.29, 0.717) is 12.1 Å². The predicted molar refractivity (Wildman–Crippen MR) is 77.6 cm³/mol. The molecule has 0 unspecified atom stereocenters. The third-order valence-corrected chi connectivity index (χ3v) is 3.23. The van der Waals surface area contributed by atoms with Crippen molar-refractivity contribution in [3.8, 4) is 0 Å². The smallest absolute Gasteiger partial charge is 0.126 e. The number of halogens is 1. The topological polar surface area (TPSA) is 29.3 Å². The minimum Gasteiger partial charge on any atom is -0.370 e. The van der Waals surface area contributed by atoms with E-state index in [1.807, 2.05) is 31.3 Å². The summed E-state index contributed by atoms with van der Waals surface area (Å²) in [7, 11) is 2.02. The molecule has 2 aromatic carbocycles. The summed E-state index contributed by atoms with van der Waals surface area (Å²) < 4.78 is 13.2. The summed E-state index contributed by atoms with van der Waals surface area (Å²) in [5, 5.41) is 0. The maximum Gasteiger partial charge on any atom is 0.126 e. The van der Waals surface area contributed by atoms with Gasteiger partial charge in [0.25, 0.3) is 0 Å². The first-order valence-corrected chi connectivity index (χ1v) is 6.35. The second-order valence-electron chi connectivity index (χ2n) is 4.81. The molecule has 100 valence electrons. The van der Waals surface area contributed by atoms with Crippen molar-refractivity contribution in [2.24, 2.45) is 5.73 Å². The minimum absolute atomic E-state index is 0.156. The summed E-state index contributed by atoms with van der Waals surface area (Å²) in [6.07, 6.45) is 0. The Morgan fingerprint density at radius 2 is 1.89 bits per heavy atom. The summed E-state index contributed by atoms with van der Waals surface area (Å²) in [5.74, 6) is -0.156. The SMILES string of the molecule is Cc1cc(CN(C)c2cccc(CN)c2)ccc1F. The summed E-state index contributed by atoms with van der Waals surface area (Å²) in [5.41, 5.74) is 9.65. The van der Waals surface area contributed by atoms with Crippen molar-refractivity contribution >= 4 is 5.69 Å². The van der Waals surface area contributed by atoms with Gasteiger partial charge in [0, 0.05) is 25.8 Å². The molecule has 2 aromatic rings. The Balaban J connectivity index is 2.15. The highest BCUT2D eigenvalue weighted by atomic mass is 19.1. The molecule has 19 heavy (non-hydrogen) atoms. The standard InChI is InChI=1S/C16H19FN2/c1-12-8-14(6-7-16(12)17)11-19(2)15-5-3-4-13(9-15)10-18/h3-9H,10-11,18H2,1-2H3. The third-order valence-electron chi connectivity index (χ3n) is 3.23. The lowest BCUT2D eigenvalue weighted by Crippen LogP contribution is -2.16. The third kappa shape index (κ3) is 3.32. The zero-order valence-electron chi connectivity index (χ0n) is 11.4. The molecule has 0 amide bonds. The number of aryl methyl sites for hydroxylation is 1. The molecule has 0 heterocycles. The van der Waals surface area contributed by atoms with E-state index in [9.17, 15) is 4.39 Å². The lowest BCUT2D eigenvalue weighted by molar-refractivity contribution is 0.617. The van der Waals surface area contributed by atoms with E-state index in [0.717, 1.165) is 23.4 Å². The van der Waals surface area contributed by atoms with Crippen molar-refractivity contribution in [1.82, 2.24) is 0 Å². The highest BCUT2D eigenvalue weighted by Crippen LogP contribution is 2.18. The Labute approximate surface area is 113 Å². The first-order chi connectivity index (χ1) is 9.10. The van der Waals surface area contributed by atoms with Crippen molar-refractivity contribution in [3.63, 3.8) is 0 Å². The van der Waals surface area contributed by atoms with Gasteiger partial charge in [-0.05, 0) is 41.8 Å². The number of benzene rings is 2. The minimum atomic E-state index is -0.156. The lowest BCUT2D eigenvalue weighted by atomic mass is 10.1. The van der Waals surface area contributed by atoms with Crippen LogP contribution in [0.15, 0.2) is 42.5 Å². The Morgan fingerprint density at radius 3 is 2.58 bits per heavy atom. The van der Waals surface area contributed by atoms with Crippen LogP contribution in [-0.2, 0) is 13.1 Å². The van der Waals surface area contributed by atoms with Crippen molar-refractivity contribution in [1.29, 1.82) is 0 Å². The molecule has 0 aliphatic rings. The second kappa shape index (κ2) is 5.85. The van der Waals surface area contributed by atoms with Crippen molar-refractivity contribution in [3.05, 3.63) is 65.0 Å². The molecule has 0 fully saturated rings. The highest BCUT2D eigenvalue weighted by Gasteiger charge is 2.05. The predicted octanol–water partition coefficient (Wildman–Crippen LogP) is 3.23. The van der Waals surface area contributed by atoms with Gasteiger partial charge >= 0.3 is 0 Å². The van der Waals surface area contributed by atoms with Gasteiger partial charge in [-0.2, -0.15) is 0 Å². The van der Waals surface area contributed by atoms with Crippen LogP contribution in [0, 0.1) is 12.7 Å². The van der Waals surface area contributed by atoms with Gasteiger partial charge in [0.05, 0.1) is 0 Å². The van der Waals surface area contributed by atoms with Crippen LogP contribution in [0.4, 0.5) is 10.1 Å². The number of nitrogens with zero attached hydrogens (tertiary/aromatic N) is 1. The van der Waals surface area contributed by atoms with Crippen LogP contribution in [-0.4, -0.2) is 7.05 Å². The molecular formula is C16H19FN2. The Bertz CT molecular complexity index is 566. The van der Waals surface area contributed by atoms with Gasteiger partial charge in [-0.25, -0.2) is 4.39 Å². The molecule has 0 aliphatic carbocycles. The van der Waals surface area contributed by atoms with E-state index in [2.05, 4.69) is 17.0 Å². The van der Waals surface area contributed by atoms with Gasteiger partial charge in [0.1, 0.15) is 5.82 Å². The van der Waals surface area contributed by atoms with Gasteiger partial charge < -0.3 is 10.6 Å². The molecule has 0 bridgehead atoms. The molecule has 0 aliphatic heterocycles. The molecule has 3 heteroatoms. The zero-order chi connectivity index (χ0) is 13.8. The van der Waals surface area contributed by atoms with Crippen LogP contribution >= 0.6 is 0 Å². The molecule has 2 rings (SSSR count). The molecule has 2 N–H and O–H groups in total. The summed E-state index contributed by atoms with van der Waals surface area (Å²) >= 11 is 0. The maximum atomic E-state index is 13.2. The Kier molecular flexibility index (Phi) is 4.17. The number of hydrogen-bond acceptors (Lipinski definition) is 2. The largest absolute Gasteiger partial charge is 0.370 e. The fourth-order valence-corrected chi connectivity index (χ4v) is 2.09. The average molecular weight is 258 g/mol. The number of nitrogens with two attached hydrogens (primary N) is 1. The van der Waals surface area contributed by atoms with Crippen molar-refractivity contribution < 1.29 is 4.39 Å². The van der Waals surface area contributed by atoms with Gasteiger partial charge in [-0.3, -0.25) is 0 Å². The Hall–Kier alpha value is -1.87. The molecule has 0 radical (unpaired) electrons. The normalized spacial score (nSPS) is 10.5. The highest BCUT2D eigenvalue weighted by molar-refractivity contribution is 5.48. The number of anilines is 1. The first kappa shape index (κ1) is 13.6. The van der Waals surface area contributed by atoms with Crippen LogP contribution < -0.4 is 10.6 Å². The maximum absolute atomic E-state index is 13.2. The van der Waals surface area contributed by atoms with E-state index in [1.54, 1.807) is 6.92 Å². The first-order valence-electron chi connectivity index (χ1n) is 6.35. The number of rotatable bonds is 4. The van der Waals surface area contributed by atoms with Crippen LogP contribution in [0.2, 0.25) is 0 Å². The average Bonchev–Trinajstić information content (AvgIpc) is 2.43. The van der Waals surface area contributed by atoms with Crippen LogP contribution in [0.1, 0.15) is 16.7 Å². The monoisotopic (exact) mass is 258 g/mol. The van der Waals surface area contributed by atoms with Crippen LogP contribution in [0.5, 0.6) is 0 Å². The fraction of sp³-hybridized carbons (Fsp3) is 0.250. The van der Waals surface area contributed by atoms with Gasteiger partial charge in [-0.15, -0.1) is 0 Å². The zero-order valence-corrected chi connectivity index (χ0v) is 11.4. The van der Waals surface area contributed by atoms with E-state index < -0.39 is 0 Å². The molecular weight excluding hydrogens is 239 g/mol. The van der Waals surface area contributed by atoms with E-state index >= 15 is 0 Å². The van der Waals surface area contributed by atoms with Crippen molar-refractivity contribution in [2.45, 2.75) is 20.0 Å². The summed E-state index contributed by atoms with van der Waals surface area (Å²) in [6.45, 7) is 3.07. The molecule has 0 spiro atoms. The quantitative estimate of drug-likeness (QED) is 0.912. The van der Waals surface area contributed by atoms with E-state index in [-0.39, 0.29) is 5.82 Å². The molecule has 0 aromatic heterocycles. The van der Waals surface area contributed by atoms with Gasteiger partial charge in [0.2, 0.25) is 0 Å². The van der Waals surface area contributed by atoms with Gasteiger partial charge in [-0.1, -0.05) is 24.3 Å². The number of hydrogen-bond donors (Lipinski definition) is 1. The van der Waals surface area contributed by atoms with E-state index in [1.165, 1.54) is 6.07 Å². The summed E-state index contributed by atoms with van der Waals surface area (Å²) in [4.78, 5) is 2.13. The molecule has 0 saturated carbocycles. The Morgan fingerprint density at radius 1 is 1.11 bits per heavy atom. The van der Waals surface area contributed by atoms with Gasteiger partial charge in [0.15, 0.2) is 0 Å². The van der Waals surface area contributed by atoms with Crippen molar-refractivity contribution in [2.75, 3.05) is 11.9 Å². The van der Waals surface area contributed by atoms with Crippen LogP contribution in [0.3, 0.4) is 0 Å². The van der Waals surface area contributed by atoms with Crippen LogP contribution in [0.25, 0.3) is 0 Å². The fourth-order valence-electron chi connectivity index (χ4n) is 2.09. The molecule has 2 nitrogen and oxygen atoms in total. The summed E-state index contributed by atoms with van der Waals surface area (Å²) in [6, 6.07) is 13.4. The lowest BCUT2D eigenvalue weighted by Gasteiger charge is -2.20. The molecule has 0 saturated heterocycles. The second-order valence-corrected chi connectivity index (χ2v) is 4.81. The van der Waals surface area contributed by atoms with E-state index in [4.69, 9.17) is 5.73 Å².